The Balaban J connectivity index is 1.95. The maximum Gasteiger partial charge on any atom is 0.0866 e. The predicted octanol–water partition coefficient (Wildman–Crippen LogP) is 1.47. The van der Waals surface area contributed by atoms with Crippen molar-refractivity contribution in [3.8, 4) is 0 Å². The highest BCUT2D eigenvalue weighted by Crippen LogP contribution is 2.43. The lowest BCUT2D eigenvalue weighted by atomic mass is 9.92. The Morgan fingerprint density at radius 1 is 0.909 bits per heavy atom. The highest BCUT2D eigenvalue weighted by atomic mass is 79.9. The molecule has 0 aromatic carbocycles. The summed E-state index contributed by atoms with van der Waals surface area (Å²) < 4.78 is 11.6. The summed E-state index contributed by atoms with van der Waals surface area (Å²) in [7, 11) is 0. The second kappa shape index (κ2) is 2.21. The van der Waals surface area contributed by atoms with Crippen LogP contribution in [0.1, 0.15) is 19.3 Å². The molecule has 11 heavy (non-hydrogen) atoms. The van der Waals surface area contributed by atoms with Crippen molar-refractivity contribution in [3.63, 3.8) is 0 Å². The quantitative estimate of drug-likeness (QED) is 0.574. The molecule has 0 aromatic rings. The highest BCUT2D eigenvalue weighted by Gasteiger charge is 2.51. The fourth-order valence-electron chi connectivity index (χ4n) is 2.45. The smallest absolute Gasteiger partial charge is 0.0866 e. The first-order valence-corrected chi connectivity index (χ1v) is 5.21. The van der Waals surface area contributed by atoms with Gasteiger partial charge in [-0.05, 0) is 12.8 Å². The minimum atomic E-state index is 0.416. The first-order chi connectivity index (χ1) is 5.34. The number of rotatable bonds is 0. The molecule has 3 heteroatoms. The average Bonchev–Trinajstić information content (AvgIpc) is 2.33. The van der Waals surface area contributed by atoms with Gasteiger partial charge in [0.15, 0.2) is 0 Å². The van der Waals surface area contributed by atoms with Crippen molar-refractivity contribution in [1.29, 1.82) is 0 Å². The van der Waals surface area contributed by atoms with Crippen LogP contribution in [0, 0.1) is 0 Å². The summed E-state index contributed by atoms with van der Waals surface area (Å²) in [6, 6.07) is 0. The van der Waals surface area contributed by atoms with Gasteiger partial charge in [-0.1, -0.05) is 15.9 Å². The van der Waals surface area contributed by atoms with E-state index in [1.54, 1.807) is 0 Å². The van der Waals surface area contributed by atoms with Crippen molar-refractivity contribution >= 4 is 15.9 Å². The van der Waals surface area contributed by atoms with Crippen LogP contribution in [0.5, 0.6) is 0 Å². The maximum atomic E-state index is 5.82. The van der Waals surface area contributed by atoms with Crippen molar-refractivity contribution < 1.29 is 9.47 Å². The molecule has 5 atom stereocenters. The number of hydrogen-bond acceptors (Lipinski definition) is 2. The van der Waals surface area contributed by atoms with Crippen molar-refractivity contribution in [2.45, 2.75) is 48.5 Å². The molecule has 3 bridgehead atoms. The van der Waals surface area contributed by atoms with Gasteiger partial charge in [0.2, 0.25) is 0 Å². The lowest BCUT2D eigenvalue weighted by Gasteiger charge is -2.35. The van der Waals surface area contributed by atoms with E-state index < -0.39 is 0 Å². The summed E-state index contributed by atoms with van der Waals surface area (Å²) in [5.41, 5.74) is 0. The zero-order valence-electron chi connectivity index (χ0n) is 6.20. The number of halogens is 1. The van der Waals surface area contributed by atoms with Crippen LogP contribution in [0.15, 0.2) is 0 Å². The van der Waals surface area contributed by atoms with Crippen LogP contribution in [0.3, 0.4) is 0 Å². The molecule has 0 N–H and O–H groups in total. The molecule has 0 amide bonds. The van der Waals surface area contributed by atoms with Gasteiger partial charge >= 0.3 is 0 Å². The largest absolute Gasteiger partial charge is 0.371 e. The van der Waals surface area contributed by atoms with Crippen LogP contribution in [-0.2, 0) is 9.47 Å². The summed E-state index contributed by atoms with van der Waals surface area (Å²) in [5, 5.41) is 0. The molecule has 3 aliphatic rings. The van der Waals surface area contributed by atoms with Gasteiger partial charge in [0, 0.05) is 6.42 Å². The van der Waals surface area contributed by atoms with Crippen molar-refractivity contribution in [1.82, 2.24) is 0 Å². The summed E-state index contributed by atoms with van der Waals surface area (Å²) in [4.78, 5) is 0.450. The summed E-state index contributed by atoms with van der Waals surface area (Å²) in [6.07, 6.45) is 5.19. The predicted molar refractivity (Wildman–Crippen MR) is 43.9 cm³/mol. The second-order valence-electron chi connectivity index (χ2n) is 3.68. The molecule has 0 aromatic heterocycles. The van der Waals surface area contributed by atoms with Gasteiger partial charge in [-0.3, -0.25) is 0 Å². The van der Waals surface area contributed by atoms with Crippen molar-refractivity contribution in [2.24, 2.45) is 0 Å². The van der Waals surface area contributed by atoms with E-state index in [9.17, 15) is 0 Å². The standard InChI is InChI=1S/C8H11BrO2/c9-8-5-2-1-4-6(11-5)3-7(8)10-4/h4-8H,1-3H2. The van der Waals surface area contributed by atoms with Gasteiger partial charge in [-0.15, -0.1) is 0 Å². The van der Waals surface area contributed by atoms with E-state index in [4.69, 9.17) is 9.47 Å². The first kappa shape index (κ1) is 6.87. The summed E-state index contributed by atoms with van der Waals surface area (Å²) >= 11 is 3.64. The Morgan fingerprint density at radius 2 is 1.64 bits per heavy atom. The van der Waals surface area contributed by atoms with E-state index in [1.807, 2.05) is 0 Å². The number of ether oxygens (including phenoxy) is 2. The topological polar surface area (TPSA) is 18.5 Å². The van der Waals surface area contributed by atoms with Crippen LogP contribution >= 0.6 is 15.9 Å². The third kappa shape index (κ3) is 0.849. The maximum absolute atomic E-state index is 5.82. The molecular formula is C8H11BrO2. The SMILES string of the molecule is BrC1C2CCC3OC1CC3O2. The van der Waals surface area contributed by atoms with E-state index in [1.165, 1.54) is 12.8 Å². The molecule has 3 aliphatic heterocycles. The van der Waals surface area contributed by atoms with Crippen molar-refractivity contribution in [3.05, 3.63) is 0 Å². The lowest BCUT2D eigenvalue weighted by molar-refractivity contribution is -0.0738. The molecule has 0 radical (unpaired) electrons. The molecule has 3 saturated heterocycles. The van der Waals surface area contributed by atoms with Gasteiger partial charge in [0.1, 0.15) is 0 Å². The molecule has 3 heterocycles. The van der Waals surface area contributed by atoms with Gasteiger partial charge in [-0.25, -0.2) is 0 Å². The van der Waals surface area contributed by atoms with Crippen LogP contribution in [-0.4, -0.2) is 29.2 Å². The van der Waals surface area contributed by atoms with Gasteiger partial charge < -0.3 is 9.47 Å². The number of hydrogen-bond donors (Lipinski definition) is 0. The van der Waals surface area contributed by atoms with Crippen LogP contribution in [0.2, 0.25) is 0 Å². The van der Waals surface area contributed by atoms with E-state index in [0.29, 0.717) is 29.2 Å². The molecule has 0 aliphatic carbocycles. The second-order valence-corrected chi connectivity index (χ2v) is 4.74. The van der Waals surface area contributed by atoms with E-state index in [-0.39, 0.29) is 0 Å². The van der Waals surface area contributed by atoms with E-state index in [2.05, 4.69) is 15.9 Å². The average molecular weight is 219 g/mol. The molecule has 62 valence electrons. The van der Waals surface area contributed by atoms with Gasteiger partial charge in [0.05, 0.1) is 29.2 Å². The fourth-order valence-corrected chi connectivity index (χ4v) is 3.17. The van der Waals surface area contributed by atoms with E-state index >= 15 is 0 Å². The zero-order valence-corrected chi connectivity index (χ0v) is 7.79. The number of alkyl halides is 1. The Labute approximate surface area is 74.4 Å². The molecule has 0 saturated carbocycles. The Kier molecular flexibility index (Phi) is 1.38. The molecule has 5 unspecified atom stereocenters. The third-order valence-electron chi connectivity index (χ3n) is 3.02. The monoisotopic (exact) mass is 218 g/mol. The lowest BCUT2D eigenvalue weighted by Crippen LogP contribution is -2.43. The molecular weight excluding hydrogens is 208 g/mol. The zero-order chi connectivity index (χ0) is 7.42. The summed E-state index contributed by atoms with van der Waals surface area (Å²) in [6.45, 7) is 0. The van der Waals surface area contributed by atoms with Gasteiger partial charge in [0.25, 0.3) is 0 Å². The van der Waals surface area contributed by atoms with Gasteiger partial charge in [-0.2, -0.15) is 0 Å². The fraction of sp³-hybridized carbons (Fsp3) is 1.00. The Hall–Kier alpha value is 0.400. The molecule has 3 rings (SSSR count). The van der Waals surface area contributed by atoms with Crippen LogP contribution in [0.4, 0.5) is 0 Å². The molecule has 0 spiro atoms. The Bertz CT molecular complexity index is 177. The number of fused-ring (bicyclic) bond motifs is 2. The highest BCUT2D eigenvalue weighted by molar-refractivity contribution is 9.09. The van der Waals surface area contributed by atoms with Crippen molar-refractivity contribution in [2.75, 3.05) is 0 Å². The molecule has 3 fully saturated rings. The minimum absolute atomic E-state index is 0.416. The van der Waals surface area contributed by atoms with Crippen LogP contribution < -0.4 is 0 Å². The third-order valence-corrected chi connectivity index (χ3v) is 4.20. The minimum Gasteiger partial charge on any atom is -0.371 e. The summed E-state index contributed by atoms with van der Waals surface area (Å²) in [5.74, 6) is 0. The van der Waals surface area contributed by atoms with Crippen LogP contribution in [0.25, 0.3) is 0 Å². The normalized spacial score (nSPS) is 60.3. The first-order valence-electron chi connectivity index (χ1n) is 4.29. The Morgan fingerprint density at radius 3 is 2.55 bits per heavy atom. The van der Waals surface area contributed by atoms with E-state index in [0.717, 1.165) is 6.42 Å². The molecule has 2 nitrogen and oxygen atoms in total.